The molecule has 0 saturated heterocycles. The molecule has 0 N–H and O–H groups in total. The van der Waals surface area contributed by atoms with Gasteiger partial charge in [-0.15, -0.1) is 0 Å². The Bertz CT molecular complexity index is 496. The van der Waals surface area contributed by atoms with E-state index < -0.39 is 18.2 Å². The van der Waals surface area contributed by atoms with Crippen LogP contribution in [0.15, 0.2) is 18.2 Å². The van der Waals surface area contributed by atoms with Gasteiger partial charge in [0.25, 0.3) is 0 Å². The topological polar surface area (TPSA) is 50.1 Å². The van der Waals surface area contributed by atoms with Gasteiger partial charge in [0.15, 0.2) is 0 Å². The molecule has 108 valence electrons. The predicted octanol–water partition coefficient (Wildman–Crippen LogP) is 4.63. The maximum atomic E-state index is 13.2. The van der Waals surface area contributed by atoms with Crippen molar-refractivity contribution in [3.63, 3.8) is 0 Å². The van der Waals surface area contributed by atoms with Crippen LogP contribution in [0.2, 0.25) is 10.0 Å². The van der Waals surface area contributed by atoms with Crippen LogP contribution < -0.4 is 0 Å². The summed E-state index contributed by atoms with van der Waals surface area (Å²) in [6, 6.07) is 6.74. The van der Waals surface area contributed by atoms with Crippen LogP contribution in [0.25, 0.3) is 0 Å². The molecule has 0 aliphatic heterocycles. The molecule has 0 fully saturated rings. The number of halogens is 3. The van der Waals surface area contributed by atoms with Crippen LogP contribution >= 0.6 is 23.2 Å². The smallest absolute Gasteiger partial charge is 0.309 e. The van der Waals surface area contributed by atoms with Gasteiger partial charge < -0.3 is 4.74 Å². The number of carbonyl (C=O) groups excluding carboxylic acids is 1. The van der Waals surface area contributed by atoms with Crippen LogP contribution in [-0.4, -0.2) is 12.3 Å². The molecule has 2 atom stereocenters. The summed E-state index contributed by atoms with van der Waals surface area (Å²) in [5, 5.41) is 9.73. The molecule has 0 spiro atoms. The molecule has 1 rings (SSSR count). The van der Waals surface area contributed by atoms with E-state index in [0.717, 1.165) is 0 Å². The molecule has 0 saturated carbocycles. The molecule has 20 heavy (non-hydrogen) atoms. The number of ether oxygens (including phenoxy) is 1. The molecule has 0 aliphatic rings. The number of carbonyl (C=O) groups is 1. The van der Waals surface area contributed by atoms with Crippen molar-refractivity contribution in [2.24, 2.45) is 0 Å². The highest BCUT2D eigenvalue weighted by Crippen LogP contribution is 2.33. The van der Waals surface area contributed by atoms with Gasteiger partial charge in [0, 0.05) is 22.0 Å². The second-order valence-electron chi connectivity index (χ2n) is 4.21. The summed E-state index contributed by atoms with van der Waals surface area (Å²) in [5.74, 6) is -1.65. The van der Waals surface area contributed by atoms with Crippen LogP contribution in [0.1, 0.15) is 37.7 Å². The van der Waals surface area contributed by atoms with Crippen molar-refractivity contribution in [3.05, 3.63) is 33.8 Å². The van der Waals surface area contributed by atoms with E-state index in [4.69, 9.17) is 28.5 Å². The van der Waals surface area contributed by atoms with Gasteiger partial charge >= 0.3 is 5.97 Å². The SMILES string of the molecule is CCCC(F)OC(=O)CC(C#N)c1c(Cl)cccc1Cl. The second-order valence-corrected chi connectivity index (χ2v) is 5.02. The molecular weight excluding hydrogens is 304 g/mol. The van der Waals surface area contributed by atoms with Gasteiger partial charge in [-0.3, -0.25) is 4.79 Å². The highest BCUT2D eigenvalue weighted by Gasteiger charge is 2.23. The zero-order chi connectivity index (χ0) is 15.1. The number of esters is 1. The van der Waals surface area contributed by atoms with E-state index in [1.165, 1.54) is 0 Å². The number of nitrogens with zero attached hydrogens (tertiary/aromatic N) is 1. The molecule has 0 aromatic heterocycles. The number of alkyl halides is 1. The third kappa shape index (κ3) is 4.66. The molecule has 0 aliphatic carbocycles. The molecule has 0 radical (unpaired) electrons. The summed E-state index contributed by atoms with van der Waals surface area (Å²) < 4.78 is 17.8. The fraction of sp³-hybridized carbons (Fsp3) is 0.429. The highest BCUT2D eigenvalue weighted by molar-refractivity contribution is 6.36. The molecule has 2 unspecified atom stereocenters. The predicted molar refractivity (Wildman–Crippen MR) is 75.3 cm³/mol. The fourth-order valence-electron chi connectivity index (χ4n) is 1.70. The molecule has 0 heterocycles. The minimum Gasteiger partial charge on any atom is -0.431 e. The average Bonchev–Trinajstić information content (AvgIpc) is 2.37. The quantitative estimate of drug-likeness (QED) is 0.719. The summed E-state index contributed by atoms with van der Waals surface area (Å²) in [6.45, 7) is 1.78. The lowest BCUT2D eigenvalue weighted by Gasteiger charge is -2.14. The van der Waals surface area contributed by atoms with E-state index in [-0.39, 0.29) is 12.8 Å². The first-order valence-electron chi connectivity index (χ1n) is 6.16. The average molecular weight is 318 g/mol. The van der Waals surface area contributed by atoms with Crippen molar-refractivity contribution in [2.75, 3.05) is 0 Å². The minimum atomic E-state index is -1.64. The van der Waals surface area contributed by atoms with E-state index in [1.54, 1.807) is 25.1 Å². The second kappa shape index (κ2) is 8.08. The van der Waals surface area contributed by atoms with Crippen LogP contribution in [0, 0.1) is 11.3 Å². The largest absolute Gasteiger partial charge is 0.431 e. The third-order valence-electron chi connectivity index (χ3n) is 2.65. The van der Waals surface area contributed by atoms with Gasteiger partial charge in [0.2, 0.25) is 6.36 Å². The monoisotopic (exact) mass is 317 g/mol. The van der Waals surface area contributed by atoms with Gasteiger partial charge in [-0.25, -0.2) is 4.39 Å². The van der Waals surface area contributed by atoms with Gasteiger partial charge in [-0.2, -0.15) is 5.26 Å². The van der Waals surface area contributed by atoms with Crippen molar-refractivity contribution < 1.29 is 13.9 Å². The third-order valence-corrected chi connectivity index (χ3v) is 3.31. The molecule has 1 aromatic rings. The summed E-state index contributed by atoms with van der Waals surface area (Å²) in [4.78, 5) is 11.6. The Kier molecular flexibility index (Phi) is 6.77. The maximum Gasteiger partial charge on any atom is 0.309 e. The zero-order valence-electron chi connectivity index (χ0n) is 10.9. The minimum absolute atomic E-state index is 0.135. The zero-order valence-corrected chi connectivity index (χ0v) is 12.4. The summed E-state index contributed by atoms with van der Waals surface area (Å²) in [7, 11) is 0. The lowest BCUT2D eigenvalue weighted by atomic mass is 9.97. The van der Waals surface area contributed by atoms with Gasteiger partial charge in [0.05, 0.1) is 18.4 Å². The van der Waals surface area contributed by atoms with Crippen LogP contribution in [0.5, 0.6) is 0 Å². The number of benzene rings is 1. The Morgan fingerprint density at radius 3 is 2.55 bits per heavy atom. The molecule has 1 aromatic carbocycles. The summed E-state index contributed by atoms with van der Waals surface area (Å²) in [6.07, 6.45) is -1.24. The molecule has 0 amide bonds. The number of hydrogen-bond donors (Lipinski definition) is 0. The Hall–Kier alpha value is -1.31. The Morgan fingerprint density at radius 2 is 2.05 bits per heavy atom. The Balaban J connectivity index is 2.78. The van der Waals surface area contributed by atoms with E-state index in [1.807, 2.05) is 6.07 Å². The maximum absolute atomic E-state index is 13.2. The Labute approximate surface area is 127 Å². The highest BCUT2D eigenvalue weighted by atomic mass is 35.5. The van der Waals surface area contributed by atoms with Gasteiger partial charge in [-0.1, -0.05) is 36.2 Å². The molecule has 3 nitrogen and oxygen atoms in total. The first kappa shape index (κ1) is 16.7. The first-order valence-corrected chi connectivity index (χ1v) is 6.92. The number of nitriles is 1. The number of rotatable bonds is 6. The van der Waals surface area contributed by atoms with Gasteiger partial charge in [0.1, 0.15) is 0 Å². The van der Waals surface area contributed by atoms with Crippen molar-refractivity contribution in [1.82, 2.24) is 0 Å². The summed E-state index contributed by atoms with van der Waals surface area (Å²) >= 11 is 12.0. The molecule has 6 heteroatoms. The van der Waals surface area contributed by atoms with E-state index in [2.05, 4.69) is 4.74 Å². The number of hydrogen-bond acceptors (Lipinski definition) is 3. The normalized spacial score (nSPS) is 13.3. The van der Waals surface area contributed by atoms with Crippen LogP contribution in [0.4, 0.5) is 4.39 Å². The van der Waals surface area contributed by atoms with Crippen molar-refractivity contribution in [2.45, 2.75) is 38.5 Å². The molecular formula is C14H14Cl2FNO2. The standard InChI is InChI=1S/C14H14Cl2FNO2/c1-2-4-12(17)20-13(19)7-9(8-18)14-10(15)5-3-6-11(14)16/h3,5-6,9,12H,2,4,7H2,1H3. The Morgan fingerprint density at radius 1 is 1.45 bits per heavy atom. The first-order chi connectivity index (χ1) is 9.49. The van der Waals surface area contributed by atoms with Gasteiger partial charge in [-0.05, 0) is 18.6 Å². The lowest BCUT2D eigenvalue weighted by Crippen LogP contribution is -2.16. The fourth-order valence-corrected chi connectivity index (χ4v) is 2.36. The van der Waals surface area contributed by atoms with Crippen molar-refractivity contribution in [3.8, 4) is 6.07 Å². The van der Waals surface area contributed by atoms with E-state index in [0.29, 0.717) is 22.0 Å². The van der Waals surface area contributed by atoms with E-state index >= 15 is 0 Å². The van der Waals surface area contributed by atoms with E-state index in [9.17, 15) is 9.18 Å². The van der Waals surface area contributed by atoms with Crippen molar-refractivity contribution in [1.29, 1.82) is 5.26 Å². The summed E-state index contributed by atoms with van der Waals surface area (Å²) in [5.41, 5.74) is 0.362. The molecule has 0 bridgehead atoms. The van der Waals surface area contributed by atoms with Crippen molar-refractivity contribution >= 4 is 29.2 Å². The lowest BCUT2D eigenvalue weighted by molar-refractivity contribution is -0.158. The van der Waals surface area contributed by atoms with Crippen LogP contribution in [0.3, 0.4) is 0 Å². The van der Waals surface area contributed by atoms with Crippen LogP contribution in [-0.2, 0) is 9.53 Å².